The molecule has 7 atom stereocenters. The maximum atomic E-state index is 14.1. The van der Waals surface area contributed by atoms with Crippen molar-refractivity contribution in [3.05, 3.63) is 108 Å². The minimum absolute atomic E-state index is 0.0648. The first-order valence-corrected chi connectivity index (χ1v) is 16.8. The number of benzene rings is 3. The summed E-state index contributed by atoms with van der Waals surface area (Å²) in [5.74, 6) is -1.01. The van der Waals surface area contributed by atoms with Crippen molar-refractivity contribution < 1.29 is 24.0 Å². The van der Waals surface area contributed by atoms with Gasteiger partial charge in [0.25, 0.3) is 5.69 Å². The van der Waals surface area contributed by atoms with Crippen molar-refractivity contribution in [2.24, 2.45) is 29.6 Å². The van der Waals surface area contributed by atoms with Gasteiger partial charge in [-0.2, -0.15) is 0 Å². The predicted molar refractivity (Wildman–Crippen MR) is 173 cm³/mol. The number of H-pyrrole nitrogens is 1. The van der Waals surface area contributed by atoms with Crippen LogP contribution >= 0.6 is 23.1 Å². The molecular weight excluding hydrogens is 627 g/mol. The molecule has 1 N–H and O–H groups in total. The van der Waals surface area contributed by atoms with E-state index in [2.05, 4.69) is 4.98 Å². The van der Waals surface area contributed by atoms with Crippen LogP contribution in [0.4, 0.5) is 11.4 Å². The highest BCUT2D eigenvalue weighted by Gasteiger charge is 2.70. The van der Waals surface area contributed by atoms with Gasteiger partial charge in [0.1, 0.15) is 18.1 Å². The van der Waals surface area contributed by atoms with Crippen LogP contribution in [0.2, 0.25) is 0 Å². The van der Waals surface area contributed by atoms with E-state index in [-0.39, 0.29) is 52.0 Å². The molecule has 5 unspecified atom stereocenters. The maximum absolute atomic E-state index is 14.1. The van der Waals surface area contributed by atoms with E-state index in [1.54, 1.807) is 55.3 Å². The third kappa shape index (κ3) is 4.33. The maximum Gasteiger partial charge on any atom is 0.305 e. The molecule has 2 aliphatic heterocycles. The van der Waals surface area contributed by atoms with Gasteiger partial charge in [-0.15, -0.1) is 11.8 Å². The first-order chi connectivity index (χ1) is 22.2. The van der Waals surface area contributed by atoms with Gasteiger partial charge in [-0.3, -0.25) is 29.4 Å². The summed E-state index contributed by atoms with van der Waals surface area (Å²) in [5, 5.41) is 12.7. The summed E-state index contributed by atoms with van der Waals surface area (Å²) in [5.41, 5.74) is 3.13. The van der Waals surface area contributed by atoms with Crippen LogP contribution in [-0.2, 0) is 16.2 Å². The number of methoxy groups -OCH3 is 1. The number of non-ortho nitro benzene ring substituents is 1. The number of amides is 2. The van der Waals surface area contributed by atoms with Gasteiger partial charge >= 0.3 is 4.87 Å². The molecular formula is C34H29N3O7S2. The number of aryl methyl sites for hydroxylation is 1. The Hall–Kier alpha value is -4.42. The van der Waals surface area contributed by atoms with Crippen molar-refractivity contribution in [2.75, 3.05) is 12.0 Å². The van der Waals surface area contributed by atoms with E-state index in [4.69, 9.17) is 9.47 Å². The Kier molecular flexibility index (Phi) is 6.84. The third-order valence-corrected chi connectivity index (χ3v) is 12.8. The Bertz CT molecular complexity index is 1970. The van der Waals surface area contributed by atoms with Gasteiger partial charge in [0.15, 0.2) is 0 Å². The van der Waals surface area contributed by atoms with E-state index < -0.39 is 22.7 Å². The molecule has 1 saturated heterocycles. The molecule has 0 radical (unpaired) electrons. The Morgan fingerprint density at radius 3 is 2.46 bits per heavy atom. The van der Waals surface area contributed by atoms with Crippen molar-refractivity contribution in [1.82, 2.24) is 4.98 Å². The standard InChI is InChI=1S/C34H29N3O7S2/c1-16-5-3-4-6-17(16)15-44-24-12-9-19(37(41)42)13-21(24)25-26-22-14-23(29(26)45-31-30(25)46-34(40)35-31)28-27(22)32(38)36(33(28)39)18-7-10-20(43-2)11-8-18/h3-13,22-23,25-29H,14-15H2,1-2H3,(H,35,40)/t22-,23-,25?,26?,27?,28?,29?/m1/s1. The molecule has 3 fully saturated rings. The van der Waals surface area contributed by atoms with E-state index in [1.165, 1.54) is 11.0 Å². The normalized spacial score (nSPS) is 27.3. The first kappa shape index (κ1) is 29.0. The van der Waals surface area contributed by atoms with E-state index >= 15 is 0 Å². The number of hydrogen-bond donors (Lipinski definition) is 1. The van der Waals surface area contributed by atoms with E-state index in [1.807, 2.05) is 31.2 Å². The van der Waals surface area contributed by atoms with E-state index in [9.17, 15) is 24.5 Å². The molecule has 1 aromatic heterocycles. The number of ether oxygens (including phenoxy) is 2. The minimum Gasteiger partial charge on any atom is -0.497 e. The number of aromatic amines is 1. The fourth-order valence-corrected chi connectivity index (χ4v) is 11.2. The number of carbonyl (C=O) groups excluding carboxylic acids is 2. The summed E-state index contributed by atoms with van der Waals surface area (Å²) in [6.07, 6.45) is 0.704. The second-order valence-electron chi connectivity index (χ2n) is 12.4. The molecule has 46 heavy (non-hydrogen) atoms. The van der Waals surface area contributed by atoms with Crippen molar-refractivity contribution in [3.63, 3.8) is 0 Å². The van der Waals surface area contributed by atoms with Crippen molar-refractivity contribution in [2.45, 2.75) is 36.1 Å². The molecule has 3 aromatic carbocycles. The number of carbonyl (C=O) groups is 2. The fraction of sp³-hybridized carbons (Fsp3) is 0.324. The summed E-state index contributed by atoms with van der Waals surface area (Å²) in [6, 6.07) is 19.5. The van der Waals surface area contributed by atoms with Crippen LogP contribution in [0.5, 0.6) is 11.5 Å². The number of rotatable bonds is 7. The summed E-state index contributed by atoms with van der Waals surface area (Å²) in [4.78, 5) is 57.3. The Morgan fingerprint density at radius 1 is 1.00 bits per heavy atom. The Labute approximate surface area is 271 Å². The molecule has 2 aliphatic carbocycles. The summed E-state index contributed by atoms with van der Waals surface area (Å²) in [7, 11) is 1.56. The molecule has 234 valence electrons. The number of fused-ring (bicyclic) bond motifs is 9. The quantitative estimate of drug-likeness (QED) is 0.148. The highest BCUT2D eigenvalue weighted by atomic mass is 32.2. The second-order valence-corrected chi connectivity index (χ2v) is 14.6. The molecule has 2 bridgehead atoms. The van der Waals surface area contributed by atoms with E-state index in [0.29, 0.717) is 29.2 Å². The number of hydrogen-bond acceptors (Lipinski definition) is 9. The number of imide groups is 1. The van der Waals surface area contributed by atoms with Crippen LogP contribution in [0.15, 0.2) is 76.6 Å². The van der Waals surface area contributed by atoms with E-state index in [0.717, 1.165) is 32.4 Å². The number of nitro benzene ring substituents is 1. The number of nitrogens with one attached hydrogen (secondary N) is 1. The van der Waals surface area contributed by atoms with Gasteiger partial charge in [0, 0.05) is 33.7 Å². The zero-order chi connectivity index (χ0) is 31.9. The lowest BCUT2D eigenvalue weighted by atomic mass is 9.68. The Balaban J connectivity index is 1.21. The summed E-state index contributed by atoms with van der Waals surface area (Å²) >= 11 is 2.68. The zero-order valence-electron chi connectivity index (χ0n) is 24.9. The molecule has 3 heterocycles. The number of thiazole rings is 1. The molecule has 4 aliphatic rings. The number of anilines is 1. The highest BCUT2D eigenvalue weighted by molar-refractivity contribution is 8.00. The van der Waals surface area contributed by atoms with Crippen LogP contribution in [0.3, 0.4) is 0 Å². The smallest absolute Gasteiger partial charge is 0.305 e. The average molecular weight is 656 g/mol. The van der Waals surface area contributed by atoms with Gasteiger partial charge in [-0.05, 0) is 72.6 Å². The van der Waals surface area contributed by atoms with Crippen LogP contribution < -0.4 is 19.2 Å². The van der Waals surface area contributed by atoms with Crippen LogP contribution in [0.1, 0.15) is 33.9 Å². The first-order valence-electron chi connectivity index (χ1n) is 15.1. The number of aromatic nitrogens is 1. The van der Waals surface area contributed by atoms with Crippen molar-refractivity contribution >= 4 is 46.3 Å². The Morgan fingerprint density at radius 2 is 1.74 bits per heavy atom. The highest BCUT2D eigenvalue weighted by Crippen LogP contribution is 2.69. The summed E-state index contributed by atoms with van der Waals surface area (Å²) in [6.45, 7) is 2.27. The topological polar surface area (TPSA) is 132 Å². The molecule has 0 spiro atoms. The summed E-state index contributed by atoms with van der Waals surface area (Å²) < 4.78 is 11.7. The van der Waals surface area contributed by atoms with Crippen molar-refractivity contribution in [1.29, 1.82) is 0 Å². The third-order valence-electron chi connectivity index (χ3n) is 10.2. The monoisotopic (exact) mass is 655 g/mol. The molecule has 10 nitrogen and oxygen atoms in total. The SMILES string of the molecule is COc1ccc(N2C(=O)C3C(C2=O)[C@@H]2C[C@H]3C3Sc4[nH]c(=O)sc4C(c4cc([N+](=O)[O-])ccc4OCc4ccccc4C)C32)cc1. The van der Waals surface area contributed by atoms with Crippen molar-refractivity contribution in [3.8, 4) is 11.5 Å². The lowest BCUT2D eigenvalue weighted by molar-refractivity contribution is -0.385. The average Bonchev–Trinajstić information content (AvgIpc) is 3.79. The van der Waals surface area contributed by atoms with Gasteiger partial charge in [-0.25, -0.2) is 0 Å². The van der Waals surface area contributed by atoms with Gasteiger partial charge < -0.3 is 14.5 Å². The van der Waals surface area contributed by atoms with Gasteiger partial charge in [-0.1, -0.05) is 35.6 Å². The predicted octanol–water partition coefficient (Wildman–Crippen LogP) is 5.92. The molecule has 4 aromatic rings. The van der Waals surface area contributed by atoms with Gasteiger partial charge in [0.2, 0.25) is 11.8 Å². The second kappa shape index (κ2) is 10.8. The van der Waals surface area contributed by atoms with Gasteiger partial charge in [0.05, 0.1) is 34.6 Å². The minimum atomic E-state index is -0.504. The number of nitrogens with zero attached hydrogens (tertiary/aromatic N) is 2. The lowest BCUT2D eigenvalue weighted by Crippen LogP contribution is -2.42. The molecule has 2 saturated carbocycles. The lowest BCUT2D eigenvalue weighted by Gasteiger charge is -2.43. The van der Waals surface area contributed by atoms with Crippen LogP contribution in [0.25, 0.3) is 0 Å². The molecule has 12 heteroatoms. The number of nitro groups is 1. The van der Waals surface area contributed by atoms with Crippen LogP contribution in [0, 0.1) is 46.6 Å². The number of thioether (sulfide) groups is 1. The van der Waals surface area contributed by atoms with Crippen LogP contribution in [-0.4, -0.2) is 34.1 Å². The molecule has 8 rings (SSSR count). The largest absolute Gasteiger partial charge is 0.497 e. The fourth-order valence-electron chi connectivity index (χ4n) is 8.30. The molecule has 2 amide bonds. The zero-order valence-corrected chi connectivity index (χ0v) is 26.5.